The van der Waals surface area contributed by atoms with Crippen LogP contribution in [0, 0.1) is 5.92 Å². The van der Waals surface area contributed by atoms with Crippen LogP contribution >= 0.6 is 0 Å². The Kier molecular flexibility index (Phi) is 4.88. The zero-order chi connectivity index (χ0) is 16.2. The summed E-state index contributed by atoms with van der Waals surface area (Å²) >= 11 is 0. The quantitative estimate of drug-likeness (QED) is 0.890. The molecule has 1 fully saturated rings. The number of rotatable bonds is 5. The van der Waals surface area contributed by atoms with E-state index in [1.54, 1.807) is 7.11 Å². The molecular weight excluding hydrogens is 290 g/mol. The van der Waals surface area contributed by atoms with Crippen molar-refractivity contribution in [1.29, 1.82) is 0 Å². The third-order valence-corrected chi connectivity index (χ3v) is 4.52. The molecule has 2 N–H and O–H groups in total. The lowest BCUT2D eigenvalue weighted by Gasteiger charge is -2.27. The zero-order valence-electron chi connectivity index (χ0n) is 13.6. The monoisotopic (exact) mass is 313 g/mol. The average molecular weight is 313 g/mol. The number of hydrogen-bond acceptors (Lipinski definition) is 4. The van der Waals surface area contributed by atoms with Gasteiger partial charge in [0, 0.05) is 18.5 Å². The van der Waals surface area contributed by atoms with Crippen molar-refractivity contribution in [2.75, 3.05) is 19.0 Å². The summed E-state index contributed by atoms with van der Waals surface area (Å²) in [6.45, 7) is 2.90. The summed E-state index contributed by atoms with van der Waals surface area (Å²) in [5.41, 5.74) is 0.874. The van der Waals surface area contributed by atoms with Gasteiger partial charge in [0.15, 0.2) is 0 Å². The van der Waals surface area contributed by atoms with E-state index in [-0.39, 0.29) is 24.0 Å². The lowest BCUT2D eigenvalue weighted by atomic mass is 9.95. The Morgan fingerprint density at radius 2 is 2.17 bits per heavy atom. The second-order valence-electron chi connectivity index (χ2n) is 6.07. The van der Waals surface area contributed by atoms with E-state index in [2.05, 4.69) is 15.6 Å². The number of hydrogen-bond donors (Lipinski definition) is 2. The fourth-order valence-corrected chi connectivity index (χ4v) is 3.23. The summed E-state index contributed by atoms with van der Waals surface area (Å²) in [6, 6.07) is 11.9. The highest BCUT2D eigenvalue weighted by Crippen LogP contribution is 2.21. The maximum Gasteiger partial charge on any atom is 0.231 e. The van der Waals surface area contributed by atoms with Crippen molar-refractivity contribution in [2.24, 2.45) is 5.92 Å². The molecule has 23 heavy (non-hydrogen) atoms. The highest BCUT2D eigenvalue weighted by atomic mass is 16.5. The molecule has 1 saturated heterocycles. The van der Waals surface area contributed by atoms with Crippen LogP contribution in [0.2, 0.25) is 0 Å². The van der Waals surface area contributed by atoms with Gasteiger partial charge in [-0.25, -0.2) is 4.98 Å². The first-order valence-electron chi connectivity index (χ1n) is 8.12. The molecule has 122 valence electrons. The maximum absolute atomic E-state index is 12.5. The van der Waals surface area contributed by atoms with E-state index in [0.29, 0.717) is 5.82 Å². The van der Waals surface area contributed by atoms with E-state index < -0.39 is 0 Å². The zero-order valence-corrected chi connectivity index (χ0v) is 13.6. The number of anilines is 1. The van der Waals surface area contributed by atoms with Crippen molar-refractivity contribution in [3.63, 3.8) is 0 Å². The fourth-order valence-electron chi connectivity index (χ4n) is 3.23. The lowest BCUT2D eigenvalue weighted by molar-refractivity contribution is -0.124. The van der Waals surface area contributed by atoms with Gasteiger partial charge in [0.1, 0.15) is 5.82 Å². The summed E-state index contributed by atoms with van der Waals surface area (Å²) in [5.74, 6) is 0.270. The Morgan fingerprint density at radius 3 is 2.91 bits per heavy atom. The number of methoxy groups -OCH3 is 1. The van der Waals surface area contributed by atoms with Gasteiger partial charge in [-0.05, 0) is 37.6 Å². The molecule has 0 bridgehead atoms. The van der Waals surface area contributed by atoms with E-state index in [1.807, 2.05) is 43.3 Å². The number of pyridine rings is 1. The Morgan fingerprint density at radius 1 is 1.35 bits per heavy atom. The van der Waals surface area contributed by atoms with Crippen molar-refractivity contribution in [1.82, 2.24) is 10.3 Å². The smallest absolute Gasteiger partial charge is 0.231 e. The predicted octanol–water partition coefficient (Wildman–Crippen LogP) is 2.58. The number of benzene rings is 1. The molecule has 5 heteroatoms. The Bertz CT molecular complexity index is 683. The predicted molar refractivity (Wildman–Crippen MR) is 91.4 cm³/mol. The second kappa shape index (κ2) is 7.06. The first kappa shape index (κ1) is 15.9. The van der Waals surface area contributed by atoms with Crippen LogP contribution in [0.4, 0.5) is 5.82 Å². The van der Waals surface area contributed by atoms with Crippen molar-refractivity contribution >= 4 is 22.6 Å². The van der Waals surface area contributed by atoms with Crippen LogP contribution < -0.4 is 10.6 Å². The summed E-state index contributed by atoms with van der Waals surface area (Å²) in [5, 5.41) is 7.38. The molecule has 1 aliphatic rings. The molecule has 1 amide bonds. The molecular formula is C18H23N3O2. The lowest BCUT2D eigenvalue weighted by Crippen LogP contribution is -2.44. The number of fused-ring (bicyclic) bond motifs is 1. The third-order valence-electron chi connectivity index (χ3n) is 4.52. The van der Waals surface area contributed by atoms with E-state index in [1.165, 1.54) is 0 Å². The molecule has 0 aliphatic carbocycles. The molecule has 1 aromatic heterocycles. The number of ether oxygens (including phenoxy) is 1. The van der Waals surface area contributed by atoms with Crippen molar-refractivity contribution < 1.29 is 9.53 Å². The van der Waals surface area contributed by atoms with Crippen LogP contribution in [0.3, 0.4) is 0 Å². The van der Waals surface area contributed by atoms with E-state index in [0.717, 1.165) is 30.3 Å². The molecule has 0 radical (unpaired) electrons. The molecule has 1 aromatic carbocycles. The normalized spacial score (nSPS) is 20.3. The minimum Gasteiger partial charge on any atom is -0.379 e. The minimum absolute atomic E-state index is 0.0617. The molecule has 2 aromatic rings. The molecule has 0 spiro atoms. The van der Waals surface area contributed by atoms with Gasteiger partial charge in [-0.1, -0.05) is 25.1 Å². The number of carbonyl (C=O) groups excluding carboxylic acids is 1. The van der Waals surface area contributed by atoms with Crippen LogP contribution in [-0.4, -0.2) is 36.7 Å². The Balaban J connectivity index is 1.71. The van der Waals surface area contributed by atoms with E-state index in [9.17, 15) is 4.79 Å². The highest BCUT2D eigenvalue weighted by Gasteiger charge is 2.33. The summed E-state index contributed by atoms with van der Waals surface area (Å²) < 4.78 is 5.58. The Labute approximate surface area is 136 Å². The third kappa shape index (κ3) is 3.51. The molecule has 3 rings (SSSR count). The van der Waals surface area contributed by atoms with E-state index in [4.69, 9.17) is 4.74 Å². The van der Waals surface area contributed by atoms with Crippen LogP contribution in [0.5, 0.6) is 0 Å². The van der Waals surface area contributed by atoms with E-state index >= 15 is 0 Å². The summed E-state index contributed by atoms with van der Waals surface area (Å²) in [4.78, 5) is 17.0. The number of para-hydroxylation sites is 1. The number of amides is 1. The van der Waals surface area contributed by atoms with Crippen molar-refractivity contribution in [3.05, 3.63) is 36.4 Å². The molecule has 0 unspecified atom stereocenters. The van der Waals surface area contributed by atoms with Crippen molar-refractivity contribution in [3.8, 4) is 0 Å². The molecule has 3 atom stereocenters. The van der Waals surface area contributed by atoms with Crippen molar-refractivity contribution in [2.45, 2.75) is 31.9 Å². The van der Waals surface area contributed by atoms with Crippen LogP contribution in [0.25, 0.3) is 10.9 Å². The van der Waals surface area contributed by atoms with Gasteiger partial charge < -0.3 is 15.4 Å². The number of nitrogens with zero attached hydrogens (tertiary/aromatic N) is 1. The van der Waals surface area contributed by atoms with Gasteiger partial charge in [-0.3, -0.25) is 4.79 Å². The molecule has 0 saturated carbocycles. The van der Waals surface area contributed by atoms with Crippen LogP contribution in [0.1, 0.15) is 19.8 Å². The summed E-state index contributed by atoms with van der Waals surface area (Å²) in [6.07, 6.45) is 2.05. The molecule has 5 nitrogen and oxygen atoms in total. The fraction of sp³-hybridized carbons (Fsp3) is 0.444. The first-order chi connectivity index (χ1) is 11.2. The molecule has 2 heterocycles. The van der Waals surface area contributed by atoms with Gasteiger partial charge in [0.05, 0.1) is 17.5 Å². The summed E-state index contributed by atoms with van der Waals surface area (Å²) in [7, 11) is 1.67. The minimum atomic E-state index is -0.246. The highest BCUT2D eigenvalue weighted by molar-refractivity contribution is 5.93. The number of aromatic nitrogens is 1. The topological polar surface area (TPSA) is 63.2 Å². The van der Waals surface area contributed by atoms with Crippen LogP contribution in [-0.2, 0) is 9.53 Å². The largest absolute Gasteiger partial charge is 0.379 e. The van der Waals surface area contributed by atoms with Gasteiger partial charge >= 0.3 is 0 Å². The second-order valence-corrected chi connectivity index (χ2v) is 6.07. The van der Waals surface area contributed by atoms with Gasteiger partial charge in [-0.15, -0.1) is 0 Å². The standard InChI is InChI=1S/C18H23N3O2/c1-12(17(23-2)15-8-5-11-19-15)18(22)21-16-10-9-13-6-3-4-7-14(13)20-16/h3-4,6-7,9-10,12,15,17,19H,5,8,11H2,1-2H3,(H,20,21,22)/t12-,15+,17-/m1/s1. The Hall–Kier alpha value is -1.98. The first-order valence-corrected chi connectivity index (χ1v) is 8.12. The number of carbonyl (C=O) groups is 1. The molecule has 1 aliphatic heterocycles. The van der Waals surface area contributed by atoms with Gasteiger partial charge in [0.25, 0.3) is 0 Å². The van der Waals surface area contributed by atoms with Gasteiger partial charge in [0.2, 0.25) is 5.91 Å². The maximum atomic E-state index is 12.5. The SMILES string of the molecule is CO[C@@H]([C@@H]1CCCN1)[C@@H](C)C(=O)Nc1ccc2ccccc2n1. The van der Waals surface area contributed by atoms with Crippen LogP contribution in [0.15, 0.2) is 36.4 Å². The average Bonchev–Trinajstić information content (AvgIpc) is 3.09. The number of nitrogens with one attached hydrogen (secondary N) is 2. The van der Waals surface area contributed by atoms with Gasteiger partial charge in [-0.2, -0.15) is 0 Å².